The maximum atomic E-state index is 12.0. The highest BCUT2D eigenvalue weighted by molar-refractivity contribution is 7.99. The first-order chi connectivity index (χ1) is 9.47. The largest absolute Gasteiger partial charge is 0.481 e. The molecule has 1 N–H and O–H groups in total. The Labute approximate surface area is 131 Å². The van der Waals surface area contributed by atoms with Crippen molar-refractivity contribution in [1.82, 2.24) is 4.90 Å². The van der Waals surface area contributed by atoms with E-state index in [1.165, 1.54) is 23.1 Å². The molecule has 0 aliphatic carbocycles. The first-order valence-corrected chi connectivity index (χ1v) is 8.65. The van der Waals surface area contributed by atoms with Gasteiger partial charge >= 0.3 is 5.97 Å². The average Bonchev–Trinajstić information content (AvgIpc) is 2.95. The molecule has 2 atom stereocenters. The van der Waals surface area contributed by atoms with Gasteiger partial charge in [-0.15, -0.1) is 23.1 Å². The summed E-state index contributed by atoms with van der Waals surface area (Å²) in [6.07, 6.45) is 0. The zero-order valence-corrected chi connectivity index (χ0v) is 13.4. The van der Waals surface area contributed by atoms with E-state index in [0.29, 0.717) is 18.8 Å². The molecular formula is C13H16ClNO3S2. The van der Waals surface area contributed by atoms with E-state index >= 15 is 0 Å². The molecule has 1 aliphatic heterocycles. The summed E-state index contributed by atoms with van der Waals surface area (Å²) in [5.41, 5.74) is 0. The zero-order valence-electron chi connectivity index (χ0n) is 11.0. The SMILES string of the molecule is C[C@@H]1CN(C(=O)CSCc2ccc(Cl)s2)C[C@H]1C(=O)O. The number of thioether (sulfide) groups is 1. The van der Waals surface area contributed by atoms with E-state index in [0.717, 1.165) is 15.0 Å². The summed E-state index contributed by atoms with van der Waals surface area (Å²) in [7, 11) is 0. The third-order valence-corrected chi connectivity index (χ3v) is 5.76. The number of hydrogen-bond acceptors (Lipinski definition) is 4. The number of carboxylic acid groups (broad SMARTS) is 1. The lowest BCUT2D eigenvalue weighted by atomic mass is 9.99. The van der Waals surface area contributed by atoms with Crippen LogP contribution in [0.1, 0.15) is 11.8 Å². The number of amides is 1. The van der Waals surface area contributed by atoms with Crippen molar-refractivity contribution in [1.29, 1.82) is 0 Å². The number of thiophene rings is 1. The highest BCUT2D eigenvalue weighted by Gasteiger charge is 2.36. The van der Waals surface area contributed by atoms with Crippen molar-refractivity contribution in [2.75, 3.05) is 18.8 Å². The Balaban J connectivity index is 1.77. The molecule has 0 aromatic carbocycles. The van der Waals surface area contributed by atoms with Gasteiger partial charge in [-0.2, -0.15) is 0 Å². The highest BCUT2D eigenvalue weighted by atomic mass is 35.5. The minimum absolute atomic E-state index is 0.0215. The van der Waals surface area contributed by atoms with Crippen LogP contribution in [0.4, 0.5) is 0 Å². The molecule has 2 rings (SSSR count). The number of nitrogens with zero attached hydrogens (tertiary/aromatic N) is 1. The second-order valence-corrected chi connectivity index (χ2v) is 7.70. The van der Waals surface area contributed by atoms with Crippen LogP contribution in [0.3, 0.4) is 0 Å². The van der Waals surface area contributed by atoms with E-state index in [1.54, 1.807) is 4.90 Å². The monoisotopic (exact) mass is 333 g/mol. The van der Waals surface area contributed by atoms with Gasteiger partial charge < -0.3 is 10.0 Å². The van der Waals surface area contributed by atoms with E-state index < -0.39 is 11.9 Å². The lowest BCUT2D eigenvalue weighted by Gasteiger charge is -2.15. The fourth-order valence-electron chi connectivity index (χ4n) is 2.25. The van der Waals surface area contributed by atoms with Crippen LogP contribution < -0.4 is 0 Å². The lowest BCUT2D eigenvalue weighted by molar-refractivity contribution is -0.142. The Morgan fingerprint density at radius 2 is 2.25 bits per heavy atom. The van der Waals surface area contributed by atoms with Crippen molar-refractivity contribution in [2.24, 2.45) is 11.8 Å². The van der Waals surface area contributed by atoms with Crippen molar-refractivity contribution >= 4 is 46.6 Å². The molecule has 0 unspecified atom stereocenters. The quantitative estimate of drug-likeness (QED) is 0.900. The fraction of sp³-hybridized carbons (Fsp3) is 0.538. The van der Waals surface area contributed by atoms with Crippen LogP contribution in [0.5, 0.6) is 0 Å². The second kappa shape index (κ2) is 6.83. The van der Waals surface area contributed by atoms with Crippen LogP contribution in [-0.4, -0.2) is 40.7 Å². The Morgan fingerprint density at radius 1 is 1.50 bits per heavy atom. The molecule has 1 fully saturated rings. The number of halogens is 1. The standard InChI is InChI=1S/C13H16ClNO3S2/c1-8-4-15(5-10(8)13(17)18)12(16)7-19-6-9-2-3-11(14)20-9/h2-3,8,10H,4-7H2,1H3,(H,17,18)/t8-,10-/m1/s1. The van der Waals surface area contributed by atoms with Crippen LogP contribution >= 0.6 is 34.7 Å². The Morgan fingerprint density at radius 3 is 2.80 bits per heavy atom. The molecule has 2 heterocycles. The highest BCUT2D eigenvalue weighted by Crippen LogP contribution is 2.27. The van der Waals surface area contributed by atoms with Gasteiger partial charge in [0, 0.05) is 23.7 Å². The Bertz CT molecular complexity index is 506. The van der Waals surface area contributed by atoms with Gasteiger partial charge in [0.25, 0.3) is 0 Å². The zero-order chi connectivity index (χ0) is 14.7. The normalized spacial score (nSPS) is 22.2. The molecule has 7 heteroatoms. The molecule has 1 aromatic heterocycles. The number of carboxylic acids is 1. The molecule has 4 nitrogen and oxygen atoms in total. The van der Waals surface area contributed by atoms with Gasteiger partial charge in [0.05, 0.1) is 16.0 Å². The van der Waals surface area contributed by atoms with E-state index in [1.807, 2.05) is 19.1 Å². The van der Waals surface area contributed by atoms with Crippen molar-refractivity contribution in [2.45, 2.75) is 12.7 Å². The predicted molar refractivity (Wildman–Crippen MR) is 82.4 cm³/mol. The molecule has 20 heavy (non-hydrogen) atoms. The van der Waals surface area contributed by atoms with Gasteiger partial charge in [0.15, 0.2) is 0 Å². The first kappa shape index (κ1) is 15.7. The number of rotatable bonds is 5. The van der Waals surface area contributed by atoms with E-state index in [-0.39, 0.29) is 11.8 Å². The van der Waals surface area contributed by atoms with Crippen LogP contribution in [0, 0.1) is 11.8 Å². The number of likely N-dealkylation sites (tertiary alicyclic amines) is 1. The van der Waals surface area contributed by atoms with Crippen LogP contribution in [0.2, 0.25) is 4.34 Å². The smallest absolute Gasteiger partial charge is 0.308 e. The van der Waals surface area contributed by atoms with E-state index in [4.69, 9.17) is 16.7 Å². The molecule has 1 saturated heterocycles. The summed E-state index contributed by atoms with van der Waals surface area (Å²) in [5, 5.41) is 9.06. The fourth-order valence-corrected chi connectivity index (χ4v) is 4.38. The molecule has 0 radical (unpaired) electrons. The molecular weight excluding hydrogens is 318 g/mol. The van der Waals surface area contributed by atoms with Crippen molar-refractivity contribution in [3.63, 3.8) is 0 Å². The van der Waals surface area contributed by atoms with Gasteiger partial charge in [-0.25, -0.2) is 0 Å². The van der Waals surface area contributed by atoms with Gasteiger partial charge in [-0.1, -0.05) is 18.5 Å². The summed E-state index contributed by atoms with van der Waals surface area (Å²) in [4.78, 5) is 25.9. The minimum atomic E-state index is -0.811. The number of carbonyl (C=O) groups excluding carboxylic acids is 1. The predicted octanol–water partition coefficient (Wildman–Crippen LogP) is 2.81. The van der Waals surface area contributed by atoms with Crippen molar-refractivity contribution in [3.8, 4) is 0 Å². The summed E-state index contributed by atoms with van der Waals surface area (Å²) in [5.74, 6) is -0.0526. The van der Waals surface area contributed by atoms with Gasteiger partial charge in [0.1, 0.15) is 0 Å². The lowest BCUT2D eigenvalue weighted by Crippen LogP contribution is -2.31. The molecule has 0 saturated carbocycles. The van der Waals surface area contributed by atoms with Gasteiger partial charge in [-0.3, -0.25) is 9.59 Å². The van der Waals surface area contributed by atoms with Gasteiger partial charge in [0.2, 0.25) is 5.91 Å². The molecule has 0 spiro atoms. The Hall–Kier alpha value is -0.720. The number of aliphatic carboxylic acids is 1. The molecule has 1 amide bonds. The number of carbonyl (C=O) groups is 2. The third-order valence-electron chi connectivity index (χ3n) is 3.38. The van der Waals surface area contributed by atoms with Crippen LogP contribution in [-0.2, 0) is 15.3 Å². The molecule has 0 bridgehead atoms. The topological polar surface area (TPSA) is 57.6 Å². The second-order valence-electron chi connectivity index (χ2n) is 4.92. The minimum Gasteiger partial charge on any atom is -0.481 e. The summed E-state index contributed by atoms with van der Waals surface area (Å²) >= 11 is 8.90. The Kier molecular flexibility index (Phi) is 5.35. The van der Waals surface area contributed by atoms with E-state index in [2.05, 4.69) is 0 Å². The molecule has 1 aromatic rings. The molecule has 1 aliphatic rings. The average molecular weight is 334 g/mol. The third kappa shape index (κ3) is 3.90. The summed E-state index contributed by atoms with van der Waals surface area (Å²) < 4.78 is 0.754. The van der Waals surface area contributed by atoms with Crippen molar-refractivity contribution in [3.05, 3.63) is 21.3 Å². The maximum absolute atomic E-state index is 12.0. The number of hydrogen-bond donors (Lipinski definition) is 1. The van der Waals surface area contributed by atoms with Crippen molar-refractivity contribution < 1.29 is 14.7 Å². The van der Waals surface area contributed by atoms with Gasteiger partial charge in [-0.05, 0) is 18.1 Å². The van der Waals surface area contributed by atoms with E-state index in [9.17, 15) is 9.59 Å². The van der Waals surface area contributed by atoms with Crippen LogP contribution in [0.15, 0.2) is 12.1 Å². The summed E-state index contributed by atoms with van der Waals surface area (Å²) in [6, 6.07) is 3.81. The summed E-state index contributed by atoms with van der Waals surface area (Å²) in [6.45, 7) is 2.76. The first-order valence-electron chi connectivity index (χ1n) is 6.30. The van der Waals surface area contributed by atoms with Crippen LogP contribution in [0.25, 0.3) is 0 Å². The molecule has 110 valence electrons. The maximum Gasteiger partial charge on any atom is 0.308 e.